The zero-order chi connectivity index (χ0) is 13.7. The number of benzene rings is 2. The molecule has 0 aromatic heterocycles. The number of fused-ring (bicyclic) bond motifs is 5. The summed E-state index contributed by atoms with van der Waals surface area (Å²) in [6, 6.07) is 13.6. The molecule has 0 aliphatic carbocycles. The van der Waals surface area contributed by atoms with Crippen LogP contribution < -0.4 is 9.47 Å². The largest absolute Gasteiger partial charge is 0.497 e. The Morgan fingerprint density at radius 2 is 2.00 bits per heavy atom. The van der Waals surface area contributed by atoms with Crippen LogP contribution >= 0.6 is 11.8 Å². The van der Waals surface area contributed by atoms with E-state index in [9.17, 15) is 4.79 Å². The highest BCUT2D eigenvalue weighted by Crippen LogP contribution is 2.58. The van der Waals surface area contributed by atoms with Crippen LogP contribution in [0.3, 0.4) is 0 Å². The summed E-state index contributed by atoms with van der Waals surface area (Å²) < 4.78 is 10.7. The van der Waals surface area contributed by atoms with Gasteiger partial charge in [-0.2, -0.15) is 0 Å². The van der Waals surface area contributed by atoms with Gasteiger partial charge in [-0.05, 0) is 23.8 Å². The number of esters is 1. The standard InChI is InChI=1S/C16H12O3S/c1-18-9-6-7-11-13(8-9)20-15-10-4-2-3-5-12(10)19-16(17)14(11)15/h2-8,14-15H,1H3/t14-,15-/m1/s1. The maximum atomic E-state index is 12.3. The van der Waals surface area contributed by atoms with E-state index in [0.717, 1.165) is 21.8 Å². The second kappa shape index (κ2) is 4.28. The summed E-state index contributed by atoms with van der Waals surface area (Å²) in [5, 5.41) is 0.106. The average Bonchev–Trinajstić information content (AvgIpc) is 2.86. The molecule has 2 aromatic rings. The molecule has 0 bridgehead atoms. The molecular formula is C16H12O3S. The highest BCUT2D eigenvalue weighted by atomic mass is 32.2. The van der Waals surface area contributed by atoms with Crippen molar-refractivity contribution in [3.05, 3.63) is 53.6 Å². The van der Waals surface area contributed by atoms with Crippen LogP contribution in [0.25, 0.3) is 0 Å². The predicted molar refractivity (Wildman–Crippen MR) is 76.4 cm³/mol. The van der Waals surface area contributed by atoms with E-state index in [1.165, 1.54) is 0 Å². The Balaban J connectivity index is 1.85. The van der Waals surface area contributed by atoms with Crippen LogP contribution in [0, 0.1) is 0 Å². The molecule has 0 saturated carbocycles. The summed E-state index contributed by atoms with van der Waals surface area (Å²) >= 11 is 1.72. The van der Waals surface area contributed by atoms with Crippen LogP contribution in [0.15, 0.2) is 47.4 Å². The third-order valence-electron chi connectivity index (χ3n) is 3.80. The summed E-state index contributed by atoms with van der Waals surface area (Å²) in [4.78, 5) is 13.4. The van der Waals surface area contributed by atoms with E-state index in [1.807, 2.05) is 42.5 Å². The average molecular weight is 284 g/mol. The first-order valence-electron chi connectivity index (χ1n) is 6.43. The van der Waals surface area contributed by atoms with Crippen LogP contribution in [0.1, 0.15) is 22.3 Å². The van der Waals surface area contributed by atoms with Crippen molar-refractivity contribution < 1.29 is 14.3 Å². The van der Waals surface area contributed by atoms with Crippen molar-refractivity contribution in [3.63, 3.8) is 0 Å². The second-order valence-corrected chi connectivity index (χ2v) is 6.06. The number of hydrogen-bond acceptors (Lipinski definition) is 4. The predicted octanol–water partition coefficient (Wildman–Crippen LogP) is 3.54. The Labute approximate surface area is 120 Å². The monoisotopic (exact) mass is 284 g/mol. The number of para-hydroxylation sites is 1. The molecule has 2 atom stereocenters. The van der Waals surface area contributed by atoms with Crippen molar-refractivity contribution >= 4 is 17.7 Å². The maximum absolute atomic E-state index is 12.3. The lowest BCUT2D eigenvalue weighted by Gasteiger charge is -2.26. The minimum atomic E-state index is -0.212. The Bertz CT molecular complexity index is 711. The summed E-state index contributed by atoms with van der Waals surface area (Å²) in [5.74, 6) is 1.13. The van der Waals surface area contributed by atoms with E-state index in [1.54, 1.807) is 18.9 Å². The molecule has 0 radical (unpaired) electrons. The quantitative estimate of drug-likeness (QED) is 0.592. The van der Waals surface area contributed by atoms with Crippen molar-refractivity contribution in [1.29, 1.82) is 0 Å². The van der Waals surface area contributed by atoms with E-state index in [4.69, 9.17) is 9.47 Å². The van der Waals surface area contributed by atoms with Gasteiger partial charge in [0.05, 0.1) is 18.3 Å². The van der Waals surface area contributed by atoms with Gasteiger partial charge >= 0.3 is 5.97 Å². The first-order chi connectivity index (χ1) is 9.78. The van der Waals surface area contributed by atoms with Crippen LogP contribution in [-0.4, -0.2) is 13.1 Å². The fourth-order valence-electron chi connectivity index (χ4n) is 2.84. The van der Waals surface area contributed by atoms with Crippen molar-refractivity contribution in [2.45, 2.75) is 16.1 Å². The molecule has 2 aliphatic heterocycles. The summed E-state index contributed by atoms with van der Waals surface area (Å²) in [5.41, 5.74) is 2.14. The molecule has 0 fully saturated rings. The molecule has 2 heterocycles. The summed E-state index contributed by atoms with van der Waals surface area (Å²) in [6.07, 6.45) is 0. The van der Waals surface area contributed by atoms with Crippen LogP contribution in [0.4, 0.5) is 0 Å². The van der Waals surface area contributed by atoms with E-state index in [0.29, 0.717) is 5.75 Å². The highest BCUT2D eigenvalue weighted by Gasteiger charge is 2.45. The number of ether oxygens (including phenoxy) is 2. The third-order valence-corrected chi connectivity index (χ3v) is 5.19. The van der Waals surface area contributed by atoms with Crippen LogP contribution in [-0.2, 0) is 4.79 Å². The molecule has 0 saturated heterocycles. The fourth-order valence-corrected chi connectivity index (χ4v) is 4.35. The lowest BCUT2D eigenvalue weighted by molar-refractivity contribution is -0.137. The minimum absolute atomic E-state index is 0.106. The van der Waals surface area contributed by atoms with Gasteiger partial charge < -0.3 is 9.47 Å². The Morgan fingerprint density at radius 1 is 1.15 bits per heavy atom. The zero-order valence-corrected chi connectivity index (χ0v) is 11.6. The van der Waals surface area contributed by atoms with Gasteiger partial charge in [0.25, 0.3) is 0 Å². The molecule has 0 spiro atoms. The number of thioether (sulfide) groups is 1. The van der Waals surface area contributed by atoms with Gasteiger partial charge in [-0.15, -0.1) is 11.8 Å². The van der Waals surface area contributed by atoms with Gasteiger partial charge in [0.1, 0.15) is 11.5 Å². The molecular weight excluding hydrogens is 272 g/mol. The SMILES string of the molecule is COc1ccc2c(c1)S[C@@H]1c3ccccc3OC(=O)[C@H]21. The minimum Gasteiger partial charge on any atom is -0.497 e. The number of methoxy groups -OCH3 is 1. The van der Waals surface area contributed by atoms with Gasteiger partial charge in [-0.25, -0.2) is 0 Å². The van der Waals surface area contributed by atoms with Gasteiger partial charge in [-0.1, -0.05) is 24.3 Å². The number of carbonyl (C=O) groups is 1. The van der Waals surface area contributed by atoms with Gasteiger partial charge in [-0.3, -0.25) is 4.79 Å². The highest BCUT2D eigenvalue weighted by molar-refractivity contribution is 8.00. The van der Waals surface area contributed by atoms with E-state index in [2.05, 4.69) is 0 Å². The zero-order valence-electron chi connectivity index (χ0n) is 10.8. The van der Waals surface area contributed by atoms with Gasteiger partial charge in [0, 0.05) is 10.5 Å². The Kier molecular flexibility index (Phi) is 2.54. The first kappa shape index (κ1) is 11.9. The molecule has 0 unspecified atom stereocenters. The second-order valence-electron chi connectivity index (χ2n) is 4.88. The van der Waals surface area contributed by atoms with Crippen molar-refractivity contribution in [1.82, 2.24) is 0 Å². The lowest BCUT2D eigenvalue weighted by atomic mass is 9.89. The van der Waals surface area contributed by atoms with Gasteiger partial charge in [0.15, 0.2) is 0 Å². The molecule has 2 aromatic carbocycles. The topological polar surface area (TPSA) is 35.5 Å². The molecule has 4 rings (SSSR count). The molecule has 4 heteroatoms. The number of hydrogen-bond donors (Lipinski definition) is 0. The Hall–Kier alpha value is -1.94. The maximum Gasteiger partial charge on any atom is 0.320 e. The molecule has 3 nitrogen and oxygen atoms in total. The third kappa shape index (κ3) is 1.58. The molecule has 0 N–H and O–H groups in total. The van der Waals surface area contributed by atoms with Gasteiger partial charge in [0.2, 0.25) is 0 Å². The number of carbonyl (C=O) groups excluding carboxylic acids is 1. The normalized spacial score (nSPS) is 22.6. The number of rotatable bonds is 1. The molecule has 20 heavy (non-hydrogen) atoms. The lowest BCUT2D eigenvalue weighted by Crippen LogP contribution is -2.26. The van der Waals surface area contributed by atoms with Crippen LogP contribution in [0.2, 0.25) is 0 Å². The van der Waals surface area contributed by atoms with E-state index >= 15 is 0 Å². The van der Waals surface area contributed by atoms with E-state index in [-0.39, 0.29) is 17.1 Å². The van der Waals surface area contributed by atoms with Crippen molar-refractivity contribution in [2.24, 2.45) is 0 Å². The smallest absolute Gasteiger partial charge is 0.320 e. The molecule has 100 valence electrons. The summed E-state index contributed by atoms with van der Waals surface area (Å²) in [7, 11) is 1.65. The Morgan fingerprint density at radius 3 is 2.85 bits per heavy atom. The molecule has 0 amide bonds. The van der Waals surface area contributed by atoms with Crippen molar-refractivity contribution in [2.75, 3.05) is 7.11 Å². The summed E-state index contributed by atoms with van der Waals surface area (Å²) in [6.45, 7) is 0. The van der Waals surface area contributed by atoms with E-state index < -0.39 is 0 Å². The first-order valence-corrected chi connectivity index (χ1v) is 7.31. The fraction of sp³-hybridized carbons (Fsp3) is 0.188. The van der Waals surface area contributed by atoms with Crippen molar-refractivity contribution in [3.8, 4) is 11.5 Å². The van der Waals surface area contributed by atoms with Crippen LogP contribution in [0.5, 0.6) is 11.5 Å². The molecule has 2 aliphatic rings.